The number of para-hydroxylation sites is 1. The SMILES string of the molecule is O=S1(=O)CC[C@H](N(Cc2ccco2)C[C@@H](O)COc2ccccc2F)C1. The number of aliphatic hydroxyl groups is 1. The summed E-state index contributed by atoms with van der Waals surface area (Å²) in [5.74, 6) is 0.487. The summed E-state index contributed by atoms with van der Waals surface area (Å²) in [6.45, 7) is 0.508. The number of rotatable bonds is 8. The highest BCUT2D eigenvalue weighted by Crippen LogP contribution is 2.21. The van der Waals surface area contributed by atoms with Gasteiger partial charge in [-0.2, -0.15) is 0 Å². The lowest BCUT2D eigenvalue weighted by Crippen LogP contribution is -2.42. The lowest BCUT2D eigenvalue weighted by atomic mass is 10.2. The quantitative estimate of drug-likeness (QED) is 0.749. The van der Waals surface area contributed by atoms with Gasteiger partial charge in [-0.25, -0.2) is 12.8 Å². The van der Waals surface area contributed by atoms with E-state index in [4.69, 9.17) is 9.15 Å². The number of hydrogen-bond donors (Lipinski definition) is 1. The fraction of sp³-hybridized carbons (Fsp3) is 0.444. The predicted octanol–water partition coefficient (Wildman–Crippen LogP) is 1.85. The third-order valence-corrected chi connectivity index (χ3v) is 6.13. The van der Waals surface area contributed by atoms with Crippen molar-refractivity contribution in [1.82, 2.24) is 4.90 Å². The number of hydrogen-bond acceptors (Lipinski definition) is 6. The molecule has 0 bridgehead atoms. The van der Waals surface area contributed by atoms with Crippen molar-refractivity contribution in [2.24, 2.45) is 0 Å². The number of aliphatic hydroxyl groups excluding tert-OH is 1. The summed E-state index contributed by atoms with van der Waals surface area (Å²) in [5, 5.41) is 10.3. The summed E-state index contributed by atoms with van der Waals surface area (Å²) in [7, 11) is -3.05. The summed E-state index contributed by atoms with van der Waals surface area (Å²) in [6, 6.07) is 9.37. The van der Waals surface area contributed by atoms with Gasteiger partial charge in [0.2, 0.25) is 0 Å². The van der Waals surface area contributed by atoms with Gasteiger partial charge in [-0.3, -0.25) is 4.90 Å². The minimum absolute atomic E-state index is 0.0641. The third-order valence-electron chi connectivity index (χ3n) is 4.38. The molecule has 6 nitrogen and oxygen atoms in total. The van der Waals surface area contributed by atoms with Crippen molar-refractivity contribution in [2.75, 3.05) is 24.7 Å². The smallest absolute Gasteiger partial charge is 0.165 e. The van der Waals surface area contributed by atoms with E-state index in [-0.39, 0.29) is 36.4 Å². The second-order valence-electron chi connectivity index (χ2n) is 6.46. The number of halogens is 1. The molecule has 2 atom stereocenters. The molecule has 2 aromatic rings. The first-order valence-electron chi connectivity index (χ1n) is 8.45. The number of benzene rings is 1. The molecule has 1 aliphatic heterocycles. The van der Waals surface area contributed by atoms with Gasteiger partial charge in [0, 0.05) is 12.6 Å². The maximum absolute atomic E-state index is 13.6. The largest absolute Gasteiger partial charge is 0.488 e. The Morgan fingerprint density at radius 1 is 1.31 bits per heavy atom. The summed E-state index contributed by atoms with van der Waals surface area (Å²) in [5.41, 5.74) is 0. The Balaban J connectivity index is 1.62. The van der Waals surface area contributed by atoms with Crippen LogP contribution in [0.3, 0.4) is 0 Å². The van der Waals surface area contributed by atoms with Gasteiger partial charge in [-0.1, -0.05) is 12.1 Å². The first-order chi connectivity index (χ1) is 12.4. The van der Waals surface area contributed by atoms with E-state index in [0.717, 1.165) is 0 Å². The molecule has 8 heteroatoms. The lowest BCUT2D eigenvalue weighted by molar-refractivity contribution is 0.0486. The Morgan fingerprint density at radius 2 is 2.12 bits per heavy atom. The van der Waals surface area contributed by atoms with Crippen LogP contribution in [0.4, 0.5) is 4.39 Å². The van der Waals surface area contributed by atoms with Gasteiger partial charge in [-0.15, -0.1) is 0 Å². The van der Waals surface area contributed by atoms with Crippen molar-refractivity contribution in [1.29, 1.82) is 0 Å². The topological polar surface area (TPSA) is 80.0 Å². The van der Waals surface area contributed by atoms with Crippen LogP contribution in [0.5, 0.6) is 5.75 Å². The Labute approximate surface area is 152 Å². The fourth-order valence-electron chi connectivity index (χ4n) is 3.08. The number of ether oxygens (including phenoxy) is 1. The molecular formula is C18H22FNO5S. The van der Waals surface area contributed by atoms with Gasteiger partial charge in [0.25, 0.3) is 0 Å². The monoisotopic (exact) mass is 383 g/mol. The molecule has 0 radical (unpaired) electrons. The Hall–Kier alpha value is -1.90. The van der Waals surface area contributed by atoms with Crippen LogP contribution in [0.2, 0.25) is 0 Å². The Morgan fingerprint density at radius 3 is 2.77 bits per heavy atom. The first kappa shape index (κ1) is 18.9. The standard InChI is InChI=1S/C18H22FNO5S/c19-17-5-1-2-6-18(17)25-12-15(21)10-20(11-16-4-3-8-24-16)14-7-9-26(22,23)13-14/h1-6,8,14-15,21H,7,9-13H2/t14-,15+/m0/s1. The molecule has 1 aromatic carbocycles. The molecule has 0 aliphatic carbocycles. The van der Waals surface area contributed by atoms with Crippen LogP contribution < -0.4 is 4.74 Å². The van der Waals surface area contributed by atoms with Crippen LogP contribution in [0.15, 0.2) is 47.1 Å². The van der Waals surface area contributed by atoms with Crippen LogP contribution in [-0.4, -0.2) is 55.2 Å². The number of nitrogens with zero attached hydrogens (tertiary/aromatic N) is 1. The zero-order valence-corrected chi connectivity index (χ0v) is 15.1. The Bertz CT molecular complexity index is 809. The fourth-order valence-corrected chi connectivity index (χ4v) is 4.84. The molecule has 0 amide bonds. The average molecular weight is 383 g/mol. The maximum Gasteiger partial charge on any atom is 0.165 e. The van der Waals surface area contributed by atoms with Crippen LogP contribution in [0.1, 0.15) is 12.2 Å². The summed E-state index contributed by atoms with van der Waals surface area (Å²) in [6.07, 6.45) is 1.17. The van der Waals surface area contributed by atoms with E-state index in [1.807, 2.05) is 4.90 Å². The van der Waals surface area contributed by atoms with Gasteiger partial charge in [0.1, 0.15) is 18.5 Å². The molecule has 1 saturated heterocycles. The van der Waals surface area contributed by atoms with Gasteiger partial charge >= 0.3 is 0 Å². The zero-order valence-electron chi connectivity index (χ0n) is 14.3. The van der Waals surface area contributed by atoms with Gasteiger partial charge < -0.3 is 14.3 Å². The van der Waals surface area contributed by atoms with Crippen LogP contribution in [0, 0.1) is 5.82 Å². The van der Waals surface area contributed by atoms with Crippen LogP contribution >= 0.6 is 0 Å². The van der Waals surface area contributed by atoms with Crippen molar-refractivity contribution >= 4 is 9.84 Å². The second-order valence-corrected chi connectivity index (χ2v) is 8.69. The van der Waals surface area contributed by atoms with Crippen molar-refractivity contribution in [3.05, 3.63) is 54.2 Å². The van der Waals surface area contributed by atoms with E-state index in [0.29, 0.717) is 18.7 Å². The van der Waals surface area contributed by atoms with Crippen molar-refractivity contribution in [3.63, 3.8) is 0 Å². The van der Waals surface area contributed by atoms with E-state index in [9.17, 15) is 17.9 Å². The number of sulfone groups is 1. The van der Waals surface area contributed by atoms with Crippen molar-refractivity contribution in [3.8, 4) is 5.75 Å². The van der Waals surface area contributed by atoms with Crippen LogP contribution in [-0.2, 0) is 16.4 Å². The molecule has 2 heterocycles. The van der Waals surface area contributed by atoms with E-state index < -0.39 is 21.8 Å². The van der Waals surface area contributed by atoms with Gasteiger partial charge in [0.15, 0.2) is 21.4 Å². The van der Waals surface area contributed by atoms with E-state index in [2.05, 4.69) is 0 Å². The van der Waals surface area contributed by atoms with E-state index in [1.54, 1.807) is 30.5 Å². The average Bonchev–Trinajstić information content (AvgIpc) is 3.23. The third kappa shape index (κ3) is 5.06. The molecule has 142 valence electrons. The molecule has 0 spiro atoms. The molecule has 1 N–H and O–H groups in total. The summed E-state index contributed by atoms with van der Waals surface area (Å²) >= 11 is 0. The highest BCUT2D eigenvalue weighted by atomic mass is 32.2. The van der Waals surface area contributed by atoms with Gasteiger partial charge in [-0.05, 0) is 30.7 Å². The summed E-state index contributed by atoms with van der Waals surface area (Å²) in [4.78, 5) is 1.89. The molecule has 1 aromatic heterocycles. The maximum atomic E-state index is 13.6. The number of furan rings is 1. The second kappa shape index (κ2) is 8.20. The minimum atomic E-state index is -3.05. The normalized spacial score (nSPS) is 20.3. The predicted molar refractivity (Wildman–Crippen MR) is 94.1 cm³/mol. The highest BCUT2D eigenvalue weighted by Gasteiger charge is 2.33. The highest BCUT2D eigenvalue weighted by molar-refractivity contribution is 7.91. The van der Waals surface area contributed by atoms with E-state index >= 15 is 0 Å². The molecule has 1 aliphatic rings. The molecule has 26 heavy (non-hydrogen) atoms. The summed E-state index contributed by atoms with van der Waals surface area (Å²) < 4.78 is 47.9. The van der Waals surface area contributed by atoms with E-state index in [1.165, 1.54) is 12.1 Å². The first-order valence-corrected chi connectivity index (χ1v) is 10.3. The molecule has 0 unspecified atom stereocenters. The lowest BCUT2D eigenvalue weighted by Gasteiger charge is -2.29. The molecular weight excluding hydrogens is 361 g/mol. The van der Waals surface area contributed by atoms with Gasteiger partial charge in [0.05, 0.1) is 24.3 Å². The molecule has 0 saturated carbocycles. The van der Waals surface area contributed by atoms with Crippen LogP contribution in [0.25, 0.3) is 0 Å². The minimum Gasteiger partial charge on any atom is -0.488 e. The molecule has 3 rings (SSSR count). The van der Waals surface area contributed by atoms with Crippen molar-refractivity contribution < 1.29 is 27.1 Å². The molecule has 1 fully saturated rings. The van der Waals surface area contributed by atoms with Crippen molar-refractivity contribution in [2.45, 2.75) is 25.1 Å². The Kier molecular flexibility index (Phi) is 5.95. The zero-order chi connectivity index (χ0) is 18.6.